The van der Waals surface area contributed by atoms with Crippen molar-refractivity contribution in [3.63, 3.8) is 0 Å². The first-order chi connectivity index (χ1) is 10.8. The standard InChI is InChI=1S/C19H26N2O/c22-19(18-14-17(18)15-6-2-1-3-7-15)21-11-5-10-20(12-13-21)16-8-4-9-16/h1-3,6-7,16-18H,4-5,8-14H2/t17-,18+/m1/s1. The highest BCUT2D eigenvalue weighted by Crippen LogP contribution is 2.48. The molecule has 1 aromatic carbocycles. The van der Waals surface area contributed by atoms with E-state index in [2.05, 4.69) is 34.1 Å². The van der Waals surface area contributed by atoms with Gasteiger partial charge in [-0.05, 0) is 37.2 Å². The van der Waals surface area contributed by atoms with Gasteiger partial charge in [0.2, 0.25) is 5.91 Å². The van der Waals surface area contributed by atoms with E-state index in [1.54, 1.807) is 0 Å². The molecule has 3 aliphatic rings. The van der Waals surface area contributed by atoms with Crippen molar-refractivity contribution in [3.05, 3.63) is 35.9 Å². The zero-order valence-electron chi connectivity index (χ0n) is 13.3. The second kappa shape index (κ2) is 6.04. The van der Waals surface area contributed by atoms with Crippen LogP contribution in [0.5, 0.6) is 0 Å². The van der Waals surface area contributed by atoms with Gasteiger partial charge < -0.3 is 4.90 Å². The Hall–Kier alpha value is -1.35. The van der Waals surface area contributed by atoms with Gasteiger partial charge in [-0.25, -0.2) is 0 Å². The van der Waals surface area contributed by atoms with Gasteiger partial charge in [0.05, 0.1) is 0 Å². The van der Waals surface area contributed by atoms with Gasteiger partial charge in [-0.2, -0.15) is 0 Å². The summed E-state index contributed by atoms with van der Waals surface area (Å²) in [6, 6.07) is 11.4. The van der Waals surface area contributed by atoms with Crippen molar-refractivity contribution in [2.45, 2.75) is 44.1 Å². The Morgan fingerprint density at radius 1 is 0.955 bits per heavy atom. The fourth-order valence-electron chi connectivity index (χ4n) is 4.05. The minimum Gasteiger partial charge on any atom is -0.341 e. The molecule has 2 atom stereocenters. The molecule has 0 spiro atoms. The van der Waals surface area contributed by atoms with Crippen LogP contribution in [0.15, 0.2) is 30.3 Å². The molecule has 1 aromatic rings. The molecule has 0 radical (unpaired) electrons. The Morgan fingerprint density at radius 2 is 1.77 bits per heavy atom. The summed E-state index contributed by atoms with van der Waals surface area (Å²) in [4.78, 5) is 17.5. The Labute approximate surface area is 133 Å². The van der Waals surface area contributed by atoms with Crippen molar-refractivity contribution in [3.8, 4) is 0 Å². The summed E-state index contributed by atoms with van der Waals surface area (Å²) < 4.78 is 0. The molecule has 0 N–H and O–H groups in total. The van der Waals surface area contributed by atoms with E-state index in [1.807, 2.05) is 6.07 Å². The normalized spacial score (nSPS) is 29.7. The quantitative estimate of drug-likeness (QED) is 0.856. The monoisotopic (exact) mass is 298 g/mol. The molecular weight excluding hydrogens is 272 g/mol. The number of benzene rings is 1. The molecule has 1 heterocycles. The number of hydrogen-bond acceptors (Lipinski definition) is 2. The highest BCUT2D eigenvalue weighted by Gasteiger charge is 2.45. The van der Waals surface area contributed by atoms with E-state index in [0.29, 0.717) is 11.8 Å². The summed E-state index contributed by atoms with van der Waals surface area (Å²) in [5.74, 6) is 1.13. The van der Waals surface area contributed by atoms with Gasteiger partial charge in [0.25, 0.3) is 0 Å². The largest absolute Gasteiger partial charge is 0.341 e. The van der Waals surface area contributed by atoms with Crippen LogP contribution >= 0.6 is 0 Å². The van der Waals surface area contributed by atoms with Crippen LogP contribution in [0.2, 0.25) is 0 Å². The Morgan fingerprint density at radius 3 is 2.50 bits per heavy atom. The topological polar surface area (TPSA) is 23.6 Å². The van der Waals surface area contributed by atoms with Crippen molar-refractivity contribution in [2.75, 3.05) is 26.2 Å². The van der Waals surface area contributed by atoms with Crippen LogP contribution in [0.1, 0.15) is 43.6 Å². The van der Waals surface area contributed by atoms with Crippen LogP contribution in [0, 0.1) is 5.92 Å². The minimum atomic E-state index is 0.248. The highest BCUT2D eigenvalue weighted by molar-refractivity contribution is 5.83. The first kappa shape index (κ1) is 14.3. The number of carbonyl (C=O) groups is 1. The summed E-state index contributed by atoms with van der Waals surface area (Å²) >= 11 is 0. The van der Waals surface area contributed by atoms with Crippen LogP contribution in [0.4, 0.5) is 0 Å². The number of carbonyl (C=O) groups excluding carboxylic acids is 1. The molecule has 1 saturated heterocycles. The lowest BCUT2D eigenvalue weighted by molar-refractivity contribution is -0.132. The average molecular weight is 298 g/mol. The lowest BCUT2D eigenvalue weighted by Crippen LogP contribution is -2.43. The summed E-state index contributed by atoms with van der Waals surface area (Å²) in [7, 11) is 0. The fraction of sp³-hybridized carbons (Fsp3) is 0.632. The summed E-state index contributed by atoms with van der Waals surface area (Å²) in [5, 5.41) is 0. The molecule has 0 unspecified atom stereocenters. The predicted octanol–water partition coefficient (Wildman–Crippen LogP) is 2.88. The zero-order valence-corrected chi connectivity index (χ0v) is 13.3. The molecule has 2 saturated carbocycles. The first-order valence-electron chi connectivity index (χ1n) is 8.91. The summed E-state index contributed by atoms with van der Waals surface area (Å²) in [6.07, 6.45) is 6.32. The second-order valence-electron chi connectivity index (χ2n) is 7.16. The molecule has 22 heavy (non-hydrogen) atoms. The molecule has 3 fully saturated rings. The molecule has 3 nitrogen and oxygen atoms in total. The van der Waals surface area contributed by atoms with E-state index < -0.39 is 0 Å². The Kier molecular flexibility index (Phi) is 3.91. The summed E-state index contributed by atoms with van der Waals surface area (Å²) in [5.41, 5.74) is 1.34. The zero-order chi connectivity index (χ0) is 14.9. The van der Waals surface area contributed by atoms with Crippen molar-refractivity contribution < 1.29 is 4.79 Å². The molecule has 1 aliphatic heterocycles. The van der Waals surface area contributed by atoms with Gasteiger partial charge in [-0.3, -0.25) is 9.69 Å². The third kappa shape index (κ3) is 2.79. The molecule has 0 bridgehead atoms. The molecule has 1 amide bonds. The van der Waals surface area contributed by atoms with Crippen molar-refractivity contribution >= 4 is 5.91 Å². The van der Waals surface area contributed by atoms with Gasteiger partial charge in [-0.1, -0.05) is 36.8 Å². The van der Waals surface area contributed by atoms with Crippen molar-refractivity contribution in [2.24, 2.45) is 5.92 Å². The van der Waals surface area contributed by atoms with Gasteiger partial charge in [-0.15, -0.1) is 0 Å². The third-order valence-electron chi connectivity index (χ3n) is 5.77. The van der Waals surface area contributed by atoms with E-state index in [0.717, 1.165) is 38.5 Å². The van der Waals surface area contributed by atoms with Gasteiger partial charge in [0, 0.05) is 38.1 Å². The molecular formula is C19H26N2O. The van der Waals surface area contributed by atoms with Crippen LogP contribution < -0.4 is 0 Å². The lowest BCUT2D eigenvalue weighted by atomic mass is 9.91. The highest BCUT2D eigenvalue weighted by atomic mass is 16.2. The maximum absolute atomic E-state index is 12.8. The number of amides is 1. The van der Waals surface area contributed by atoms with Gasteiger partial charge >= 0.3 is 0 Å². The maximum atomic E-state index is 12.8. The number of nitrogens with zero attached hydrogens (tertiary/aromatic N) is 2. The van der Waals surface area contributed by atoms with E-state index >= 15 is 0 Å². The lowest BCUT2D eigenvalue weighted by Gasteiger charge is -2.36. The third-order valence-corrected chi connectivity index (χ3v) is 5.77. The summed E-state index contributed by atoms with van der Waals surface area (Å²) in [6.45, 7) is 4.16. The van der Waals surface area contributed by atoms with Crippen molar-refractivity contribution in [1.82, 2.24) is 9.80 Å². The number of hydrogen-bond donors (Lipinski definition) is 0. The van der Waals surface area contributed by atoms with Crippen LogP contribution in [-0.2, 0) is 4.79 Å². The van der Waals surface area contributed by atoms with Crippen LogP contribution in [-0.4, -0.2) is 47.9 Å². The van der Waals surface area contributed by atoms with Gasteiger partial charge in [0.1, 0.15) is 0 Å². The van der Waals surface area contributed by atoms with Crippen LogP contribution in [0.3, 0.4) is 0 Å². The molecule has 118 valence electrons. The Balaban J connectivity index is 1.33. The Bertz CT molecular complexity index is 525. The minimum absolute atomic E-state index is 0.248. The molecule has 0 aromatic heterocycles. The van der Waals surface area contributed by atoms with E-state index in [9.17, 15) is 4.79 Å². The number of rotatable bonds is 3. The smallest absolute Gasteiger partial charge is 0.226 e. The average Bonchev–Trinajstić information content (AvgIpc) is 3.30. The molecule has 4 rings (SSSR count). The van der Waals surface area contributed by atoms with Gasteiger partial charge in [0.15, 0.2) is 0 Å². The van der Waals surface area contributed by atoms with E-state index in [4.69, 9.17) is 0 Å². The van der Waals surface area contributed by atoms with E-state index in [1.165, 1.54) is 31.4 Å². The van der Waals surface area contributed by atoms with Crippen LogP contribution in [0.25, 0.3) is 0 Å². The van der Waals surface area contributed by atoms with Crippen molar-refractivity contribution in [1.29, 1.82) is 0 Å². The second-order valence-corrected chi connectivity index (χ2v) is 7.16. The molecule has 2 aliphatic carbocycles. The first-order valence-corrected chi connectivity index (χ1v) is 8.91. The SMILES string of the molecule is O=C([C@H]1C[C@@H]1c1ccccc1)N1CCCN(C2CCC2)CC1. The predicted molar refractivity (Wildman–Crippen MR) is 87.7 cm³/mol. The maximum Gasteiger partial charge on any atom is 0.226 e. The molecule has 3 heteroatoms. The fourth-order valence-corrected chi connectivity index (χ4v) is 4.05. The van der Waals surface area contributed by atoms with E-state index in [-0.39, 0.29) is 5.92 Å².